The molecule has 0 bridgehead atoms. The van der Waals surface area contributed by atoms with E-state index in [2.05, 4.69) is 4.98 Å². The third-order valence-corrected chi connectivity index (χ3v) is 6.78. The van der Waals surface area contributed by atoms with Crippen LogP contribution in [0.15, 0.2) is 63.9 Å². The summed E-state index contributed by atoms with van der Waals surface area (Å²) < 4.78 is 87.2. The van der Waals surface area contributed by atoms with E-state index in [-0.39, 0.29) is 39.4 Å². The highest BCUT2D eigenvalue weighted by Crippen LogP contribution is 2.43. The summed E-state index contributed by atoms with van der Waals surface area (Å²) in [7, 11) is 0. The summed E-state index contributed by atoms with van der Waals surface area (Å²) in [5, 5.41) is 9.09. The Morgan fingerprint density at radius 3 is 1.93 bits per heavy atom. The number of H-pyrrole nitrogens is 1. The number of carboxylic acid groups (broad SMARTS) is 1. The minimum absolute atomic E-state index is 0.0736. The fourth-order valence-electron chi connectivity index (χ4n) is 4.59. The van der Waals surface area contributed by atoms with Gasteiger partial charge in [-0.3, -0.25) is 9.55 Å². The highest BCUT2D eigenvalue weighted by atomic mass is 32.1. The molecule has 0 saturated heterocycles. The number of hydrogen-bond acceptors (Lipinski definition) is 4. The summed E-state index contributed by atoms with van der Waals surface area (Å²) in [6.07, 6.45) is -5.37. The van der Waals surface area contributed by atoms with Gasteiger partial charge in [0.2, 0.25) is 5.76 Å². The number of nitrogens with zero attached hydrogens (tertiary/aromatic N) is 1. The van der Waals surface area contributed by atoms with Crippen LogP contribution >= 0.6 is 12.2 Å². The minimum Gasteiger partial charge on any atom is -0.475 e. The largest absolute Gasteiger partial charge is 0.475 e. The van der Waals surface area contributed by atoms with Crippen molar-refractivity contribution < 1.29 is 40.7 Å². The molecule has 0 spiro atoms. The monoisotopic (exact) mass is 578 g/mol. The molecule has 1 aliphatic carbocycles. The Balaban J connectivity index is 1.72. The van der Waals surface area contributed by atoms with Crippen LogP contribution in [0.5, 0.6) is 0 Å². The number of aromatic carboxylic acids is 1. The molecule has 2 aromatic heterocycles. The SMILES string of the molecule is O=C(O)c1ccc(Cn2cc(C3c4ccc(C(F)(F)F)cc4C=Cc4cc(C(F)(F)F)ccc43)c(=S)[nH]c2=O)o1. The van der Waals surface area contributed by atoms with Crippen molar-refractivity contribution in [1.82, 2.24) is 9.55 Å². The first-order valence-corrected chi connectivity index (χ1v) is 11.9. The maximum Gasteiger partial charge on any atom is 0.416 e. The van der Waals surface area contributed by atoms with Crippen LogP contribution in [0.3, 0.4) is 0 Å². The molecule has 13 heteroatoms. The number of fused-ring (bicyclic) bond motifs is 2. The van der Waals surface area contributed by atoms with Crippen LogP contribution in [0.25, 0.3) is 12.2 Å². The van der Waals surface area contributed by atoms with Gasteiger partial charge in [0.1, 0.15) is 10.4 Å². The number of rotatable bonds is 4. The number of nitrogens with one attached hydrogen (secondary N) is 1. The summed E-state index contributed by atoms with van der Waals surface area (Å²) in [6, 6.07) is 8.56. The van der Waals surface area contributed by atoms with Gasteiger partial charge in [0.25, 0.3) is 0 Å². The third kappa shape index (κ3) is 5.11. The molecule has 6 nitrogen and oxygen atoms in total. The average Bonchev–Trinajstić information content (AvgIpc) is 3.27. The van der Waals surface area contributed by atoms with Crippen molar-refractivity contribution in [3.63, 3.8) is 0 Å². The lowest BCUT2D eigenvalue weighted by Crippen LogP contribution is -2.25. The predicted octanol–water partition coefficient (Wildman–Crippen LogP) is 6.95. The van der Waals surface area contributed by atoms with Crippen LogP contribution in [0.4, 0.5) is 26.3 Å². The van der Waals surface area contributed by atoms with Crippen LogP contribution < -0.4 is 5.69 Å². The third-order valence-electron chi connectivity index (χ3n) is 6.44. The van der Waals surface area contributed by atoms with E-state index >= 15 is 0 Å². The molecule has 0 saturated carbocycles. The highest BCUT2D eigenvalue weighted by molar-refractivity contribution is 7.71. The zero-order valence-electron chi connectivity index (χ0n) is 19.9. The van der Waals surface area contributed by atoms with Gasteiger partial charge in [-0.25, -0.2) is 9.59 Å². The fraction of sp³-hybridized carbons (Fsp3) is 0.148. The molecule has 2 N–H and O–H groups in total. The minimum atomic E-state index is -4.66. The lowest BCUT2D eigenvalue weighted by Gasteiger charge is -2.23. The van der Waals surface area contributed by atoms with Crippen molar-refractivity contribution in [3.05, 3.63) is 120 Å². The quantitative estimate of drug-likeness (QED) is 0.178. The normalized spacial score (nSPS) is 13.6. The number of hydrogen-bond donors (Lipinski definition) is 2. The second kappa shape index (κ2) is 9.66. The van der Waals surface area contributed by atoms with E-state index in [1.54, 1.807) is 0 Å². The molecule has 4 aromatic rings. The molecule has 206 valence electrons. The van der Waals surface area contributed by atoms with Crippen LogP contribution in [0, 0.1) is 4.64 Å². The summed E-state index contributed by atoms with van der Waals surface area (Å²) >= 11 is 5.40. The van der Waals surface area contributed by atoms with Gasteiger partial charge in [-0.1, -0.05) is 36.5 Å². The number of aromatic amines is 1. The smallest absolute Gasteiger partial charge is 0.416 e. The van der Waals surface area contributed by atoms with Crippen LogP contribution in [-0.2, 0) is 18.9 Å². The fourth-order valence-corrected chi connectivity index (χ4v) is 4.85. The zero-order valence-corrected chi connectivity index (χ0v) is 20.7. The Hall–Kier alpha value is -4.39. The Morgan fingerprint density at radius 2 is 1.45 bits per heavy atom. The molecular formula is C27H16F6N2O4S. The van der Waals surface area contributed by atoms with Crippen LogP contribution in [-0.4, -0.2) is 20.6 Å². The molecule has 0 aliphatic heterocycles. The lowest BCUT2D eigenvalue weighted by atomic mass is 9.82. The topological polar surface area (TPSA) is 88.2 Å². The molecular weight excluding hydrogens is 562 g/mol. The van der Waals surface area contributed by atoms with Gasteiger partial charge in [0.05, 0.1) is 17.7 Å². The van der Waals surface area contributed by atoms with E-state index in [0.29, 0.717) is 11.1 Å². The van der Waals surface area contributed by atoms with Gasteiger partial charge in [0.15, 0.2) is 0 Å². The van der Waals surface area contributed by atoms with Gasteiger partial charge in [-0.2, -0.15) is 26.3 Å². The van der Waals surface area contributed by atoms with Gasteiger partial charge < -0.3 is 9.52 Å². The zero-order chi connectivity index (χ0) is 29.0. The van der Waals surface area contributed by atoms with Crippen molar-refractivity contribution >= 4 is 30.3 Å². The van der Waals surface area contributed by atoms with Crippen molar-refractivity contribution in [2.75, 3.05) is 0 Å². The standard InChI is InChI=1S/C27H16F6N2O4S/c28-26(29,30)15-3-6-18-13(9-15)1-2-14-10-16(27(31,32)33)4-7-19(14)22(18)20-12-35(25(38)34-23(20)40)11-17-5-8-21(39-17)24(36)37/h1-10,12,22H,11H2,(H,36,37)(H,34,38,40). The molecule has 2 heterocycles. The van der Waals surface area contributed by atoms with Crippen molar-refractivity contribution in [3.8, 4) is 0 Å². The van der Waals surface area contributed by atoms with E-state index in [0.717, 1.165) is 28.8 Å². The first-order chi connectivity index (χ1) is 18.7. The molecule has 0 fully saturated rings. The Bertz CT molecular complexity index is 1730. The molecule has 40 heavy (non-hydrogen) atoms. The number of benzene rings is 2. The molecule has 0 atom stereocenters. The van der Waals surface area contributed by atoms with Crippen LogP contribution in [0.1, 0.15) is 61.2 Å². The first kappa shape index (κ1) is 27.2. The molecule has 0 radical (unpaired) electrons. The van der Waals surface area contributed by atoms with E-state index < -0.39 is 41.1 Å². The van der Waals surface area contributed by atoms with E-state index in [1.165, 1.54) is 42.6 Å². The number of carboxylic acids is 1. The first-order valence-electron chi connectivity index (χ1n) is 11.5. The molecule has 2 aromatic carbocycles. The van der Waals surface area contributed by atoms with E-state index in [1.807, 2.05) is 0 Å². The van der Waals surface area contributed by atoms with Gasteiger partial charge >= 0.3 is 24.0 Å². The molecule has 5 rings (SSSR count). The van der Waals surface area contributed by atoms with Crippen molar-refractivity contribution in [2.24, 2.45) is 0 Å². The Kier molecular flexibility index (Phi) is 6.57. The van der Waals surface area contributed by atoms with Crippen LogP contribution in [0.2, 0.25) is 0 Å². The summed E-state index contributed by atoms with van der Waals surface area (Å²) in [4.78, 5) is 26.3. The van der Waals surface area contributed by atoms with Crippen molar-refractivity contribution in [2.45, 2.75) is 24.8 Å². The summed E-state index contributed by atoms with van der Waals surface area (Å²) in [6.45, 7) is -0.226. The number of alkyl halides is 6. The number of halogens is 6. The van der Waals surface area contributed by atoms with Gasteiger partial charge in [-0.05, 0) is 58.7 Å². The van der Waals surface area contributed by atoms with Crippen molar-refractivity contribution in [1.29, 1.82) is 0 Å². The second-order valence-corrected chi connectivity index (χ2v) is 9.40. The molecule has 0 unspecified atom stereocenters. The maximum absolute atomic E-state index is 13.5. The number of aromatic nitrogens is 2. The van der Waals surface area contributed by atoms with Gasteiger partial charge in [0, 0.05) is 17.7 Å². The average molecular weight is 578 g/mol. The molecule has 1 aliphatic rings. The summed E-state index contributed by atoms with van der Waals surface area (Å²) in [5.41, 5.74) is -1.50. The second-order valence-electron chi connectivity index (χ2n) is 8.99. The predicted molar refractivity (Wildman–Crippen MR) is 133 cm³/mol. The number of furan rings is 1. The Labute approximate surface area is 225 Å². The summed E-state index contributed by atoms with van der Waals surface area (Å²) in [5.74, 6) is -2.52. The highest BCUT2D eigenvalue weighted by Gasteiger charge is 2.35. The molecule has 0 amide bonds. The Morgan fingerprint density at radius 1 is 0.900 bits per heavy atom. The lowest BCUT2D eigenvalue weighted by molar-refractivity contribution is -0.138. The van der Waals surface area contributed by atoms with E-state index in [4.69, 9.17) is 21.7 Å². The van der Waals surface area contributed by atoms with Gasteiger partial charge in [-0.15, -0.1) is 0 Å². The van der Waals surface area contributed by atoms with E-state index in [9.17, 15) is 35.9 Å². The number of carbonyl (C=O) groups is 1. The maximum atomic E-state index is 13.5.